The summed E-state index contributed by atoms with van der Waals surface area (Å²) in [5.41, 5.74) is 1.36. The van der Waals surface area contributed by atoms with E-state index in [9.17, 15) is 8.78 Å². The average molecular weight is 379 g/mol. The number of benzene rings is 2. The molecule has 0 atom stereocenters. The molecule has 2 aromatic carbocycles. The molecule has 0 N–H and O–H groups in total. The Hall–Kier alpha value is -2.93. The lowest BCUT2D eigenvalue weighted by Crippen LogP contribution is -2.03. The minimum Gasteiger partial charge on any atom is -0.493 e. The van der Waals surface area contributed by atoms with Crippen molar-refractivity contribution in [3.05, 3.63) is 60.0 Å². The predicted molar refractivity (Wildman–Crippen MR) is 93.1 cm³/mol. The fraction of sp³-hybridized carbons (Fsp3) is 0.111. The molecule has 0 aliphatic heterocycles. The number of rotatable bonds is 6. The zero-order chi connectivity index (χ0) is 18.5. The van der Waals surface area contributed by atoms with Crippen molar-refractivity contribution in [3.8, 4) is 23.0 Å². The normalized spacial score (nSPS) is 11.7. The van der Waals surface area contributed by atoms with Crippen molar-refractivity contribution >= 4 is 22.7 Å². The Bertz CT molecular complexity index is 914. The SMILES string of the molecule is COc1cc(/C=C(\Cl)c2nnc(-c3ccccc3)o2)ccc1OC(F)F. The molecule has 1 aromatic heterocycles. The van der Waals surface area contributed by atoms with Crippen molar-refractivity contribution in [3.63, 3.8) is 0 Å². The van der Waals surface area contributed by atoms with Gasteiger partial charge in [-0.2, -0.15) is 8.78 Å². The van der Waals surface area contributed by atoms with Crippen LogP contribution in [0.2, 0.25) is 0 Å². The van der Waals surface area contributed by atoms with Crippen molar-refractivity contribution in [1.29, 1.82) is 0 Å². The van der Waals surface area contributed by atoms with Crippen LogP contribution >= 0.6 is 11.6 Å². The Kier molecular flexibility index (Phi) is 5.48. The van der Waals surface area contributed by atoms with Gasteiger partial charge in [-0.1, -0.05) is 35.9 Å². The number of hydrogen-bond acceptors (Lipinski definition) is 5. The first kappa shape index (κ1) is 17.9. The number of ether oxygens (including phenoxy) is 2. The largest absolute Gasteiger partial charge is 0.493 e. The lowest BCUT2D eigenvalue weighted by atomic mass is 10.2. The van der Waals surface area contributed by atoms with Gasteiger partial charge in [0.1, 0.15) is 5.03 Å². The molecule has 0 fully saturated rings. The first-order valence-electron chi connectivity index (χ1n) is 7.46. The molecule has 0 bridgehead atoms. The van der Waals surface area contributed by atoms with Gasteiger partial charge >= 0.3 is 6.61 Å². The van der Waals surface area contributed by atoms with Crippen molar-refractivity contribution in [2.75, 3.05) is 7.11 Å². The van der Waals surface area contributed by atoms with E-state index in [1.54, 1.807) is 12.1 Å². The third kappa shape index (κ3) is 4.18. The average Bonchev–Trinajstić information content (AvgIpc) is 3.13. The van der Waals surface area contributed by atoms with E-state index in [1.165, 1.54) is 19.2 Å². The number of hydrogen-bond donors (Lipinski definition) is 0. The maximum absolute atomic E-state index is 12.4. The highest BCUT2D eigenvalue weighted by atomic mass is 35.5. The van der Waals surface area contributed by atoms with E-state index in [2.05, 4.69) is 14.9 Å². The summed E-state index contributed by atoms with van der Waals surface area (Å²) in [4.78, 5) is 0. The molecule has 3 rings (SSSR count). The molecule has 3 aromatic rings. The van der Waals surface area contributed by atoms with Gasteiger partial charge in [-0.25, -0.2) is 0 Å². The standard InChI is InChI=1S/C18H13ClF2N2O3/c1-24-15-10-11(7-8-14(15)25-18(20)21)9-13(19)17-23-22-16(26-17)12-5-3-2-4-6-12/h2-10,18H,1H3/b13-9-. The van der Waals surface area contributed by atoms with Gasteiger partial charge in [-0.3, -0.25) is 0 Å². The molecule has 134 valence electrons. The Morgan fingerprint density at radius 1 is 1.12 bits per heavy atom. The van der Waals surface area contributed by atoms with Crippen LogP contribution in [0.5, 0.6) is 11.5 Å². The van der Waals surface area contributed by atoms with Gasteiger partial charge in [0.2, 0.25) is 5.89 Å². The summed E-state index contributed by atoms with van der Waals surface area (Å²) in [6.07, 6.45) is 1.55. The maximum atomic E-state index is 12.4. The second kappa shape index (κ2) is 7.97. The third-order valence-corrected chi connectivity index (χ3v) is 3.62. The molecule has 0 aliphatic rings. The van der Waals surface area contributed by atoms with Gasteiger partial charge in [0.05, 0.1) is 7.11 Å². The van der Waals surface area contributed by atoms with Crippen LogP contribution in [-0.2, 0) is 0 Å². The molecular weight excluding hydrogens is 366 g/mol. The van der Waals surface area contributed by atoms with Crippen molar-refractivity contribution in [2.24, 2.45) is 0 Å². The first-order valence-corrected chi connectivity index (χ1v) is 7.84. The minimum atomic E-state index is -2.94. The summed E-state index contributed by atoms with van der Waals surface area (Å²) in [5.74, 6) is 0.557. The van der Waals surface area contributed by atoms with Crippen LogP contribution in [0, 0.1) is 0 Å². The van der Waals surface area contributed by atoms with E-state index < -0.39 is 6.61 Å². The molecule has 5 nitrogen and oxygen atoms in total. The number of halogens is 3. The van der Waals surface area contributed by atoms with Crippen LogP contribution in [-0.4, -0.2) is 23.9 Å². The van der Waals surface area contributed by atoms with E-state index in [0.717, 1.165) is 5.56 Å². The molecule has 8 heteroatoms. The lowest BCUT2D eigenvalue weighted by Gasteiger charge is -2.10. The Morgan fingerprint density at radius 3 is 2.58 bits per heavy atom. The first-order chi connectivity index (χ1) is 12.6. The zero-order valence-corrected chi connectivity index (χ0v) is 14.3. The van der Waals surface area contributed by atoms with Crippen molar-refractivity contribution in [1.82, 2.24) is 10.2 Å². The minimum absolute atomic E-state index is 0.0695. The van der Waals surface area contributed by atoms with Crippen LogP contribution in [0.25, 0.3) is 22.6 Å². The molecule has 0 amide bonds. The topological polar surface area (TPSA) is 57.4 Å². The smallest absolute Gasteiger partial charge is 0.387 e. The Labute approximate surface area is 152 Å². The molecule has 0 radical (unpaired) electrons. The van der Waals surface area contributed by atoms with E-state index in [-0.39, 0.29) is 22.4 Å². The van der Waals surface area contributed by atoms with Crippen LogP contribution in [0.3, 0.4) is 0 Å². The van der Waals surface area contributed by atoms with Gasteiger partial charge in [0, 0.05) is 5.56 Å². The van der Waals surface area contributed by atoms with Crippen LogP contribution in [0.15, 0.2) is 52.9 Å². The molecular formula is C18H13ClF2N2O3. The summed E-state index contributed by atoms with van der Waals surface area (Å²) >= 11 is 6.23. The van der Waals surface area contributed by atoms with Crippen LogP contribution in [0.1, 0.15) is 11.5 Å². The highest BCUT2D eigenvalue weighted by Crippen LogP contribution is 2.32. The predicted octanol–water partition coefficient (Wildman–Crippen LogP) is 5.08. The van der Waals surface area contributed by atoms with E-state index in [1.807, 2.05) is 30.3 Å². The molecule has 0 unspecified atom stereocenters. The fourth-order valence-electron chi connectivity index (χ4n) is 2.19. The number of methoxy groups -OCH3 is 1. The highest BCUT2D eigenvalue weighted by Gasteiger charge is 2.13. The number of nitrogens with zero attached hydrogens (tertiary/aromatic N) is 2. The molecule has 0 saturated heterocycles. The van der Waals surface area contributed by atoms with Gasteiger partial charge < -0.3 is 13.9 Å². The summed E-state index contributed by atoms with van der Waals surface area (Å²) in [6.45, 7) is -2.94. The third-order valence-electron chi connectivity index (χ3n) is 3.35. The molecule has 0 aliphatic carbocycles. The summed E-state index contributed by atoms with van der Waals surface area (Å²) in [7, 11) is 1.35. The van der Waals surface area contributed by atoms with Gasteiger partial charge in [-0.05, 0) is 35.9 Å². The van der Waals surface area contributed by atoms with Gasteiger partial charge in [0.15, 0.2) is 11.5 Å². The highest BCUT2D eigenvalue weighted by molar-refractivity contribution is 6.50. The zero-order valence-electron chi connectivity index (χ0n) is 13.5. The molecule has 0 spiro atoms. The second-order valence-corrected chi connectivity index (χ2v) is 5.47. The molecule has 1 heterocycles. The molecule has 26 heavy (non-hydrogen) atoms. The lowest BCUT2D eigenvalue weighted by molar-refractivity contribution is -0.0512. The van der Waals surface area contributed by atoms with Crippen molar-refractivity contribution in [2.45, 2.75) is 6.61 Å². The quantitative estimate of drug-likeness (QED) is 0.598. The van der Waals surface area contributed by atoms with Crippen LogP contribution < -0.4 is 9.47 Å². The van der Waals surface area contributed by atoms with E-state index in [0.29, 0.717) is 11.5 Å². The second-order valence-electron chi connectivity index (χ2n) is 5.06. The molecule has 0 saturated carbocycles. The Morgan fingerprint density at radius 2 is 1.88 bits per heavy atom. The summed E-state index contributed by atoms with van der Waals surface area (Å²) in [5, 5.41) is 8.07. The van der Waals surface area contributed by atoms with Crippen molar-refractivity contribution < 1.29 is 22.7 Å². The van der Waals surface area contributed by atoms with Gasteiger partial charge in [-0.15, -0.1) is 10.2 Å². The summed E-state index contributed by atoms with van der Waals surface area (Å²) in [6, 6.07) is 13.7. The van der Waals surface area contributed by atoms with Gasteiger partial charge in [0.25, 0.3) is 5.89 Å². The monoisotopic (exact) mass is 378 g/mol. The fourth-order valence-corrected chi connectivity index (χ4v) is 2.39. The number of aromatic nitrogens is 2. The Balaban J connectivity index is 1.85. The summed E-state index contributed by atoms with van der Waals surface area (Å²) < 4.78 is 39.7. The number of alkyl halides is 2. The van der Waals surface area contributed by atoms with Crippen LogP contribution in [0.4, 0.5) is 8.78 Å². The van der Waals surface area contributed by atoms with E-state index in [4.69, 9.17) is 20.8 Å². The van der Waals surface area contributed by atoms with E-state index >= 15 is 0 Å². The maximum Gasteiger partial charge on any atom is 0.387 e.